The SMILES string of the molecule is COc1ccc(Cc2ccc(OC)c(-c3nn4c(-c5cnccn5)nnc4o3)c2)cc1-c1nn2c(-c3cnccn3)nnc2o1. The number of hydrogen-bond donors (Lipinski definition) is 0. The minimum atomic E-state index is 0.216. The smallest absolute Gasteiger partial charge is 0.346 e. The highest BCUT2D eigenvalue weighted by atomic mass is 16.5. The molecule has 2 aromatic carbocycles. The second-order valence-corrected chi connectivity index (χ2v) is 9.68. The van der Waals surface area contributed by atoms with Gasteiger partial charge in [-0.1, -0.05) is 22.3 Å². The molecule has 220 valence electrons. The summed E-state index contributed by atoms with van der Waals surface area (Å²) in [5, 5.41) is 25.7. The van der Waals surface area contributed by atoms with Gasteiger partial charge in [-0.3, -0.25) is 9.97 Å². The van der Waals surface area contributed by atoms with Crippen LogP contribution in [0.2, 0.25) is 0 Å². The molecule has 0 aliphatic heterocycles. The highest BCUT2D eigenvalue weighted by Crippen LogP contribution is 2.35. The monoisotopic (exact) mass is 600 g/mol. The highest BCUT2D eigenvalue weighted by Gasteiger charge is 2.22. The van der Waals surface area contributed by atoms with Gasteiger partial charge in [0.25, 0.3) is 11.8 Å². The summed E-state index contributed by atoms with van der Waals surface area (Å²) in [5.74, 6) is 3.05. The number of aromatic nitrogens is 12. The molecule has 6 aromatic heterocycles. The standard InChI is InChI=1S/C29H20N12O4/c1-42-22-5-3-16(12-18(22)26-38-40-24(34-36-28(40)44-26)20-14-30-7-9-32-20)11-17-4-6-23(43-2)19(13-17)27-39-41-25(35-37-29(41)45-27)21-15-31-8-10-33-21/h3-10,12-15H,11H2,1-2H3. The van der Waals surface area contributed by atoms with Gasteiger partial charge < -0.3 is 18.3 Å². The fraction of sp³-hybridized carbons (Fsp3) is 0.103. The second kappa shape index (κ2) is 10.6. The van der Waals surface area contributed by atoms with Crippen molar-refractivity contribution in [3.05, 3.63) is 84.7 Å². The average molecular weight is 601 g/mol. The fourth-order valence-electron chi connectivity index (χ4n) is 4.90. The summed E-state index contributed by atoms with van der Waals surface area (Å²) >= 11 is 0. The van der Waals surface area contributed by atoms with Crippen LogP contribution in [0.3, 0.4) is 0 Å². The van der Waals surface area contributed by atoms with Crippen LogP contribution >= 0.6 is 0 Å². The summed E-state index contributed by atoms with van der Waals surface area (Å²) in [6, 6.07) is 11.6. The van der Waals surface area contributed by atoms with E-state index >= 15 is 0 Å². The van der Waals surface area contributed by atoms with E-state index in [4.69, 9.17) is 18.3 Å². The quantitative estimate of drug-likeness (QED) is 0.246. The van der Waals surface area contributed by atoms with Gasteiger partial charge >= 0.3 is 11.7 Å². The van der Waals surface area contributed by atoms with Gasteiger partial charge in [0.1, 0.15) is 22.9 Å². The van der Waals surface area contributed by atoms with Gasteiger partial charge in [-0.2, -0.15) is 9.03 Å². The molecule has 6 heterocycles. The maximum atomic E-state index is 5.97. The topological polar surface area (TPSA) is 182 Å². The van der Waals surface area contributed by atoms with E-state index in [1.807, 2.05) is 36.4 Å². The molecule has 8 rings (SSSR count). The number of ether oxygens (including phenoxy) is 2. The lowest BCUT2D eigenvalue weighted by atomic mass is 10.00. The molecule has 0 N–H and O–H groups in total. The molecule has 0 atom stereocenters. The first-order chi connectivity index (χ1) is 22.2. The minimum absolute atomic E-state index is 0.216. The number of nitrogens with zero attached hydrogens (tertiary/aromatic N) is 12. The van der Waals surface area contributed by atoms with E-state index in [-0.39, 0.29) is 11.7 Å². The first kappa shape index (κ1) is 26.1. The Balaban J connectivity index is 1.13. The Morgan fingerprint density at radius 1 is 0.622 bits per heavy atom. The maximum Gasteiger partial charge on any atom is 0.346 e. The average Bonchev–Trinajstić information content (AvgIpc) is 3.87. The Labute approximate surface area is 252 Å². The molecule has 16 heteroatoms. The van der Waals surface area contributed by atoms with Crippen molar-refractivity contribution >= 4 is 11.7 Å². The number of benzene rings is 2. The van der Waals surface area contributed by atoms with Crippen LogP contribution in [0.1, 0.15) is 11.1 Å². The summed E-state index contributed by atoms with van der Waals surface area (Å²) in [7, 11) is 3.18. The molecule has 0 radical (unpaired) electrons. The van der Waals surface area contributed by atoms with Crippen LogP contribution in [0.4, 0.5) is 0 Å². The Kier molecular flexibility index (Phi) is 6.14. The van der Waals surface area contributed by atoms with E-state index in [0.717, 1.165) is 11.1 Å². The number of methoxy groups -OCH3 is 2. The summed E-state index contributed by atoms with van der Waals surface area (Å²) in [5.41, 5.74) is 4.28. The molecule has 0 saturated carbocycles. The predicted molar refractivity (Wildman–Crippen MR) is 155 cm³/mol. The molecule has 0 spiro atoms. The van der Waals surface area contributed by atoms with E-state index in [1.54, 1.807) is 51.4 Å². The molecule has 0 saturated heterocycles. The van der Waals surface area contributed by atoms with E-state index in [1.165, 1.54) is 9.03 Å². The normalized spacial score (nSPS) is 11.4. The van der Waals surface area contributed by atoms with Crippen molar-refractivity contribution in [3.63, 3.8) is 0 Å². The number of hydrogen-bond acceptors (Lipinski definition) is 14. The van der Waals surface area contributed by atoms with Crippen molar-refractivity contribution in [2.24, 2.45) is 0 Å². The zero-order valence-corrected chi connectivity index (χ0v) is 23.6. The molecule has 0 fully saturated rings. The lowest BCUT2D eigenvalue weighted by Gasteiger charge is -2.10. The first-order valence-electron chi connectivity index (χ1n) is 13.5. The van der Waals surface area contributed by atoms with Crippen molar-refractivity contribution in [3.8, 4) is 57.4 Å². The first-order valence-corrected chi connectivity index (χ1v) is 13.5. The van der Waals surface area contributed by atoms with Crippen molar-refractivity contribution in [2.75, 3.05) is 14.2 Å². The van der Waals surface area contributed by atoms with E-state index < -0.39 is 0 Å². The summed E-state index contributed by atoms with van der Waals surface area (Å²) < 4.78 is 26.2. The van der Waals surface area contributed by atoms with E-state index in [9.17, 15) is 0 Å². The van der Waals surface area contributed by atoms with Crippen molar-refractivity contribution < 1.29 is 18.3 Å². The van der Waals surface area contributed by atoms with Gasteiger partial charge in [0.05, 0.1) is 37.7 Å². The molecule has 0 bridgehead atoms. The van der Waals surface area contributed by atoms with Gasteiger partial charge in [-0.25, -0.2) is 9.97 Å². The highest BCUT2D eigenvalue weighted by molar-refractivity contribution is 5.67. The van der Waals surface area contributed by atoms with Crippen molar-refractivity contribution in [1.29, 1.82) is 0 Å². The van der Waals surface area contributed by atoms with Crippen LogP contribution in [0.25, 0.3) is 57.6 Å². The van der Waals surface area contributed by atoms with Crippen LogP contribution in [-0.4, -0.2) is 73.8 Å². The fourth-order valence-corrected chi connectivity index (χ4v) is 4.90. The lowest BCUT2D eigenvalue weighted by Crippen LogP contribution is -1.97. The minimum Gasteiger partial charge on any atom is -0.496 e. The zero-order chi connectivity index (χ0) is 30.3. The Hall–Kier alpha value is -6.58. The van der Waals surface area contributed by atoms with E-state index in [2.05, 4.69) is 50.5 Å². The molecule has 8 aromatic rings. The lowest BCUT2D eigenvalue weighted by molar-refractivity contribution is 0.414. The summed E-state index contributed by atoms with van der Waals surface area (Å²) in [4.78, 5) is 16.8. The Morgan fingerprint density at radius 3 is 1.53 bits per heavy atom. The van der Waals surface area contributed by atoms with Crippen LogP contribution in [0.5, 0.6) is 11.5 Å². The van der Waals surface area contributed by atoms with Gasteiger partial charge in [0, 0.05) is 24.8 Å². The van der Waals surface area contributed by atoms with E-state index in [0.29, 0.717) is 63.9 Å². The number of rotatable bonds is 8. The van der Waals surface area contributed by atoms with Gasteiger partial charge in [0.15, 0.2) is 0 Å². The summed E-state index contributed by atoms with van der Waals surface area (Å²) in [6.07, 6.45) is 10.0. The molecule has 0 aliphatic rings. The van der Waals surface area contributed by atoms with Gasteiger partial charge in [-0.15, -0.1) is 20.4 Å². The van der Waals surface area contributed by atoms with Crippen LogP contribution in [0, 0.1) is 0 Å². The Morgan fingerprint density at radius 2 is 1.11 bits per heavy atom. The van der Waals surface area contributed by atoms with Crippen LogP contribution < -0.4 is 9.47 Å². The largest absolute Gasteiger partial charge is 0.496 e. The molecular formula is C29H20N12O4. The third-order valence-electron chi connectivity index (χ3n) is 6.96. The third kappa shape index (κ3) is 4.56. The molecule has 0 aliphatic carbocycles. The molecule has 45 heavy (non-hydrogen) atoms. The van der Waals surface area contributed by atoms with Crippen LogP contribution in [0.15, 0.2) is 82.4 Å². The van der Waals surface area contributed by atoms with Gasteiger partial charge in [0.2, 0.25) is 11.6 Å². The maximum absolute atomic E-state index is 5.97. The van der Waals surface area contributed by atoms with Crippen molar-refractivity contribution in [1.82, 2.24) is 59.6 Å². The van der Waals surface area contributed by atoms with Gasteiger partial charge in [-0.05, 0) is 41.8 Å². The zero-order valence-electron chi connectivity index (χ0n) is 23.6. The molecular weight excluding hydrogens is 580 g/mol. The Bertz CT molecular complexity index is 2130. The third-order valence-corrected chi connectivity index (χ3v) is 6.96. The molecule has 0 unspecified atom stereocenters. The summed E-state index contributed by atoms with van der Waals surface area (Å²) in [6.45, 7) is 0. The number of fused-ring (bicyclic) bond motifs is 2. The second-order valence-electron chi connectivity index (χ2n) is 9.68. The molecule has 16 nitrogen and oxygen atoms in total. The van der Waals surface area contributed by atoms with Crippen molar-refractivity contribution in [2.45, 2.75) is 6.42 Å². The predicted octanol–water partition coefficient (Wildman–Crippen LogP) is 3.60. The van der Waals surface area contributed by atoms with Crippen LogP contribution in [-0.2, 0) is 6.42 Å². The molecule has 0 amide bonds.